The van der Waals surface area contributed by atoms with Crippen LogP contribution in [-0.4, -0.2) is 56.5 Å². The largest absolute Gasteiger partial charge is 0.475 e. The summed E-state index contributed by atoms with van der Waals surface area (Å²) in [4.78, 5) is 11.7. The van der Waals surface area contributed by atoms with Crippen molar-refractivity contribution in [3.8, 4) is 0 Å². The van der Waals surface area contributed by atoms with E-state index in [0.29, 0.717) is 0 Å². The fourth-order valence-corrected chi connectivity index (χ4v) is 4.83. The zero-order valence-corrected chi connectivity index (χ0v) is 15.6. The van der Waals surface area contributed by atoms with E-state index < -0.39 is 51.1 Å². The van der Waals surface area contributed by atoms with Crippen LogP contribution in [0.1, 0.15) is 20.1 Å². The average molecular weight is 423 g/mol. The molecule has 0 spiro atoms. The van der Waals surface area contributed by atoms with Crippen LogP contribution in [0, 0.1) is 0 Å². The molecule has 0 amide bonds. The van der Waals surface area contributed by atoms with E-state index in [1.165, 1.54) is 0 Å². The Balaban J connectivity index is 1.73. The number of rotatable bonds is 4. The first kappa shape index (κ1) is 19.5. The molecular formula is C14H17F3N5O5P. The highest BCUT2D eigenvalue weighted by molar-refractivity contribution is 7.48. The Morgan fingerprint density at radius 2 is 2.14 bits per heavy atom. The summed E-state index contributed by atoms with van der Waals surface area (Å²) >= 11 is 0. The fraction of sp³-hybridized carbons (Fsp3) is 0.643. The van der Waals surface area contributed by atoms with Gasteiger partial charge in [-0.3, -0.25) is 18.1 Å². The number of imidazole rings is 1. The second kappa shape index (κ2) is 6.63. The van der Waals surface area contributed by atoms with Crippen molar-refractivity contribution in [3.05, 3.63) is 12.7 Å². The second-order valence-electron chi connectivity index (χ2n) is 6.69. The molecule has 2 fully saturated rings. The third kappa shape index (κ3) is 2.89. The number of aromatic nitrogens is 4. The number of halogens is 3. The highest BCUT2D eigenvalue weighted by Gasteiger charge is 2.68. The summed E-state index contributed by atoms with van der Waals surface area (Å²) in [7, 11) is -4.24. The van der Waals surface area contributed by atoms with Crippen molar-refractivity contribution in [2.45, 2.75) is 50.5 Å². The fourth-order valence-electron chi connectivity index (χ4n) is 3.21. The lowest BCUT2D eigenvalue weighted by Crippen LogP contribution is -2.55. The smallest absolute Gasteiger partial charge is 0.382 e. The topological polar surface area (TPSA) is 124 Å². The Labute approximate surface area is 156 Å². The number of hydrogen-bond acceptors (Lipinski definition) is 9. The maximum atomic E-state index is 15.3. The van der Waals surface area contributed by atoms with E-state index in [4.69, 9.17) is 24.0 Å². The summed E-state index contributed by atoms with van der Waals surface area (Å²) in [6, 6.07) is 0. The van der Waals surface area contributed by atoms with Gasteiger partial charge < -0.3 is 10.5 Å². The molecule has 14 heteroatoms. The Morgan fingerprint density at radius 3 is 2.82 bits per heavy atom. The van der Waals surface area contributed by atoms with Crippen LogP contribution in [0.15, 0.2) is 12.7 Å². The van der Waals surface area contributed by atoms with Gasteiger partial charge in [0.2, 0.25) is 0 Å². The van der Waals surface area contributed by atoms with Gasteiger partial charge in [0.1, 0.15) is 17.9 Å². The molecule has 0 saturated carbocycles. The van der Waals surface area contributed by atoms with E-state index in [9.17, 15) is 13.3 Å². The third-order valence-electron chi connectivity index (χ3n) is 4.44. The number of ether oxygens (including phenoxy) is 1. The normalized spacial score (nSPS) is 35.8. The van der Waals surface area contributed by atoms with Crippen LogP contribution in [0.2, 0.25) is 0 Å². The first-order chi connectivity index (χ1) is 13.2. The van der Waals surface area contributed by atoms with Crippen LogP contribution in [0.5, 0.6) is 0 Å². The molecule has 1 unspecified atom stereocenters. The molecular weight excluding hydrogens is 406 g/mol. The van der Waals surface area contributed by atoms with Crippen LogP contribution in [0.4, 0.5) is 19.0 Å². The number of phosphoric ester groups is 1. The number of fused-ring (bicyclic) bond motifs is 2. The summed E-state index contributed by atoms with van der Waals surface area (Å²) in [6.07, 6.45) is -7.15. The average Bonchev–Trinajstić information content (AvgIpc) is 3.15. The van der Waals surface area contributed by atoms with Gasteiger partial charge in [-0.2, -0.15) is 0 Å². The van der Waals surface area contributed by atoms with Gasteiger partial charge in [0, 0.05) is 0 Å². The van der Waals surface area contributed by atoms with Crippen molar-refractivity contribution < 1.29 is 36.0 Å². The van der Waals surface area contributed by atoms with Crippen LogP contribution in [-0.2, 0) is 22.9 Å². The Kier molecular flexibility index (Phi) is 4.62. The number of nitrogens with zero attached hydrogens (tertiary/aromatic N) is 4. The van der Waals surface area contributed by atoms with E-state index in [2.05, 4.69) is 15.0 Å². The van der Waals surface area contributed by atoms with Gasteiger partial charge in [-0.15, -0.1) is 0 Å². The number of phosphoric acid groups is 1. The molecule has 2 N–H and O–H groups in total. The molecule has 2 aliphatic heterocycles. The first-order valence-corrected chi connectivity index (χ1v) is 9.77. The number of alkyl halides is 3. The molecule has 2 aromatic heterocycles. The molecule has 4 rings (SSSR count). The van der Waals surface area contributed by atoms with E-state index in [1.54, 1.807) is 13.8 Å². The second-order valence-corrected chi connectivity index (χ2v) is 8.27. The quantitative estimate of drug-likeness (QED) is 0.737. The number of nitrogen functional groups attached to an aromatic ring is 1. The highest BCUT2D eigenvalue weighted by atomic mass is 31.2. The van der Waals surface area contributed by atoms with E-state index >= 15 is 4.39 Å². The Hall–Kier alpha value is -1.79. The summed E-state index contributed by atoms with van der Waals surface area (Å²) in [5.74, 6) is 0.0348. The molecule has 10 nitrogen and oxygen atoms in total. The minimum atomic E-state index is -4.24. The van der Waals surface area contributed by atoms with Crippen molar-refractivity contribution in [1.29, 1.82) is 0 Å². The van der Waals surface area contributed by atoms with Crippen molar-refractivity contribution in [1.82, 2.24) is 19.5 Å². The highest BCUT2D eigenvalue weighted by Crippen LogP contribution is 2.61. The maximum Gasteiger partial charge on any atom is 0.475 e. The summed E-state index contributed by atoms with van der Waals surface area (Å²) in [5.41, 5.74) is 3.46. The lowest BCUT2D eigenvalue weighted by molar-refractivity contribution is -0.208. The summed E-state index contributed by atoms with van der Waals surface area (Å²) < 4.78 is 77.2. The van der Waals surface area contributed by atoms with Gasteiger partial charge in [-0.1, -0.05) is 0 Å². The van der Waals surface area contributed by atoms with Crippen molar-refractivity contribution in [2.24, 2.45) is 0 Å². The zero-order chi connectivity index (χ0) is 20.3. The Morgan fingerprint density at radius 1 is 1.39 bits per heavy atom. The van der Waals surface area contributed by atoms with Crippen molar-refractivity contribution >= 4 is 24.8 Å². The van der Waals surface area contributed by atoms with E-state index in [1.807, 2.05) is 0 Å². The predicted molar refractivity (Wildman–Crippen MR) is 88.1 cm³/mol. The zero-order valence-electron chi connectivity index (χ0n) is 14.7. The number of hydrogen-bond donors (Lipinski definition) is 1. The van der Waals surface area contributed by atoms with Gasteiger partial charge in [0.05, 0.1) is 19.0 Å². The lowest BCUT2D eigenvalue weighted by atomic mass is 9.97. The van der Waals surface area contributed by atoms with E-state index in [0.717, 1.165) is 17.2 Å². The van der Waals surface area contributed by atoms with Gasteiger partial charge in [-0.05, 0) is 13.8 Å². The van der Waals surface area contributed by atoms with Gasteiger partial charge in [-0.25, -0.2) is 32.7 Å². The minimum Gasteiger partial charge on any atom is -0.382 e. The number of nitrogens with two attached hydrogens (primary N) is 1. The van der Waals surface area contributed by atoms with Crippen LogP contribution >= 0.6 is 7.82 Å². The SMILES string of the molecule is CC(C)OP1(=O)OC[C@@]2(C(F)F)O[C@@H](n3cnc4c(N)ncnc43)[C@@H](F)[C@@H]2O1. The van der Waals surface area contributed by atoms with Gasteiger partial charge >= 0.3 is 7.82 Å². The third-order valence-corrected chi connectivity index (χ3v) is 6.06. The van der Waals surface area contributed by atoms with Crippen LogP contribution in [0.3, 0.4) is 0 Å². The monoisotopic (exact) mass is 423 g/mol. The summed E-state index contributed by atoms with van der Waals surface area (Å²) in [5, 5.41) is 0. The molecule has 0 bridgehead atoms. The maximum absolute atomic E-state index is 15.3. The van der Waals surface area contributed by atoms with Gasteiger partial charge in [0.15, 0.2) is 29.5 Å². The molecule has 28 heavy (non-hydrogen) atoms. The molecule has 2 saturated heterocycles. The van der Waals surface area contributed by atoms with E-state index in [-0.39, 0.29) is 17.0 Å². The molecule has 154 valence electrons. The first-order valence-electron chi connectivity index (χ1n) is 8.31. The van der Waals surface area contributed by atoms with Gasteiger partial charge in [0.25, 0.3) is 6.43 Å². The molecule has 0 aliphatic carbocycles. The van der Waals surface area contributed by atoms with Crippen molar-refractivity contribution in [3.63, 3.8) is 0 Å². The molecule has 0 radical (unpaired) electrons. The number of anilines is 1. The summed E-state index contributed by atoms with van der Waals surface area (Å²) in [6.45, 7) is 2.22. The van der Waals surface area contributed by atoms with Crippen molar-refractivity contribution in [2.75, 3.05) is 12.3 Å². The predicted octanol–water partition coefficient (Wildman–Crippen LogP) is 2.23. The molecule has 5 atom stereocenters. The van der Waals surface area contributed by atoms with Crippen LogP contribution in [0.25, 0.3) is 11.2 Å². The minimum absolute atomic E-state index is 0.0348. The lowest BCUT2D eigenvalue weighted by Gasteiger charge is -2.39. The molecule has 4 heterocycles. The molecule has 2 aromatic rings. The Bertz CT molecular complexity index is 945. The van der Waals surface area contributed by atoms with Crippen LogP contribution < -0.4 is 5.73 Å². The molecule has 0 aromatic carbocycles. The standard InChI is InChI=1S/C14H17F3N5O5P/c1-6(2)26-28(23)24-3-14(13(16)17)9(27-28)7(15)12(25-14)22-5-21-8-10(18)19-4-20-11(8)22/h4-7,9,12-13H,3H2,1-2H3,(H2,18,19,20)/t7-,9-,12+,14+,28?/m0/s1. The molecule has 2 aliphatic rings.